The third kappa shape index (κ3) is 7.43. The number of carbonyl (C=O) groups is 3. The fraction of sp³-hybridized carbons (Fsp3) is 0.440. The molecule has 0 bridgehead atoms. The standard InChI is InChI=1S/C25H31N3O4S2/c1-2-32-24(31)27-18-16-26(17-19-27)22(29)14-7-4-8-15-28-23(30)21(34-25(28)33)13-9-12-20-10-5-3-6-11-20/h3,5-6,9-13H,2,4,7-8,14-19H2,1H3/b12-9-,21-13+. The minimum Gasteiger partial charge on any atom is -0.450 e. The highest BCUT2D eigenvalue weighted by Crippen LogP contribution is 2.31. The van der Waals surface area contributed by atoms with Crippen molar-refractivity contribution in [3.8, 4) is 0 Å². The average Bonchev–Trinajstić information content (AvgIpc) is 3.12. The third-order valence-electron chi connectivity index (χ3n) is 5.64. The fourth-order valence-corrected chi connectivity index (χ4v) is 5.01. The molecule has 0 N–H and O–H groups in total. The van der Waals surface area contributed by atoms with Crippen LogP contribution in [0.2, 0.25) is 0 Å². The van der Waals surface area contributed by atoms with Crippen molar-refractivity contribution in [3.05, 3.63) is 53.0 Å². The minimum atomic E-state index is -0.313. The third-order valence-corrected chi connectivity index (χ3v) is 7.04. The second-order valence-electron chi connectivity index (χ2n) is 8.00. The average molecular weight is 502 g/mol. The summed E-state index contributed by atoms with van der Waals surface area (Å²) in [6, 6.07) is 9.91. The maximum Gasteiger partial charge on any atom is 0.409 e. The quantitative estimate of drug-likeness (QED) is 0.285. The number of benzene rings is 1. The molecule has 9 heteroatoms. The van der Waals surface area contributed by atoms with Crippen LogP contribution < -0.4 is 0 Å². The smallest absolute Gasteiger partial charge is 0.409 e. The van der Waals surface area contributed by atoms with Crippen LogP contribution in [0.1, 0.15) is 38.2 Å². The second kappa shape index (κ2) is 13.3. The van der Waals surface area contributed by atoms with E-state index < -0.39 is 0 Å². The molecule has 0 atom stereocenters. The highest BCUT2D eigenvalue weighted by atomic mass is 32.2. The zero-order valence-electron chi connectivity index (χ0n) is 19.5. The van der Waals surface area contributed by atoms with Gasteiger partial charge in [-0.25, -0.2) is 4.79 Å². The van der Waals surface area contributed by atoms with E-state index in [-0.39, 0.29) is 17.9 Å². The first-order valence-corrected chi connectivity index (χ1v) is 12.9. The van der Waals surface area contributed by atoms with Crippen molar-refractivity contribution >= 4 is 52.3 Å². The SMILES string of the molecule is CCOC(=O)N1CCN(C(=O)CCCCCN2C(=O)/C(=C\C=C/c3ccccc3)SC2=S)CC1. The van der Waals surface area contributed by atoms with Crippen LogP contribution in [-0.2, 0) is 14.3 Å². The summed E-state index contributed by atoms with van der Waals surface area (Å²) in [6.07, 6.45) is 8.21. The number of ether oxygens (including phenoxy) is 1. The van der Waals surface area contributed by atoms with Gasteiger partial charge in [-0.1, -0.05) is 72.9 Å². The number of nitrogens with zero attached hydrogens (tertiary/aromatic N) is 3. The molecule has 34 heavy (non-hydrogen) atoms. The first kappa shape index (κ1) is 26.0. The van der Waals surface area contributed by atoms with Gasteiger partial charge in [-0.2, -0.15) is 0 Å². The van der Waals surface area contributed by atoms with Crippen LogP contribution >= 0.6 is 24.0 Å². The Bertz CT molecular complexity index is 941. The van der Waals surface area contributed by atoms with Gasteiger partial charge in [0.1, 0.15) is 4.32 Å². The van der Waals surface area contributed by atoms with E-state index in [1.165, 1.54) is 11.8 Å². The van der Waals surface area contributed by atoms with E-state index in [1.54, 1.807) is 16.7 Å². The second-order valence-corrected chi connectivity index (χ2v) is 9.68. The number of unbranched alkanes of at least 4 members (excludes halogenated alkanes) is 2. The Morgan fingerprint density at radius 1 is 1.06 bits per heavy atom. The summed E-state index contributed by atoms with van der Waals surface area (Å²) in [5.74, 6) is 0.0607. The molecule has 2 fully saturated rings. The van der Waals surface area contributed by atoms with Crippen LogP contribution in [-0.4, -0.2) is 76.3 Å². The van der Waals surface area contributed by atoms with E-state index in [9.17, 15) is 14.4 Å². The largest absolute Gasteiger partial charge is 0.450 e. The molecule has 182 valence electrons. The molecule has 2 aliphatic rings. The molecule has 0 unspecified atom stereocenters. The van der Waals surface area contributed by atoms with E-state index >= 15 is 0 Å². The zero-order valence-corrected chi connectivity index (χ0v) is 21.1. The number of allylic oxidation sites excluding steroid dienone is 2. The van der Waals surface area contributed by atoms with Crippen molar-refractivity contribution in [2.75, 3.05) is 39.3 Å². The molecule has 0 aromatic heterocycles. The molecule has 0 radical (unpaired) electrons. The van der Waals surface area contributed by atoms with Crippen molar-refractivity contribution in [2.24, 2.45) is 0 Å². The van der Waals surface area contributed by atoms with Gasteiger partial charge in [-0.15, -0.1) is 0 Å². The topological polar surface area (TPSA) is 70.2 Å². The first-order valence-electron chi connectivity index (χ1n) is 11.7. The number of hydrogen-bond donors (Lipinski definition) is 0. The van der Waals surface area contributed by atoms with E-state index in [0.717, 1.165) is 24.8 Å². The van der Waals surface area contributed by atoms with Gasteiger partial charge < -0.3 is 14.5 Å². The minimum absolute atomic E-state index is 0.0525. The molecule has 0 saturated carbocycles. The predicted octanol–water partition coefficient (Wildman–Crippen LogP) is 4.31. The summed E-state index contributed by atoms with van der Waals surface area (Å²) in [4.78, 5) is 42.6. The Morgan fingerprint density at radius 3 is 2.47 bits per heavy atom. The van der Waals surface area contributed by atoms with Gasteiger partial charge in [0.15, 0.2) is 0 Å². The molecular formula is C25H31N3O4S2. The summed E-state index contributed by atoms with van der Waals surface area (Å²) < 4.78 is 5.59. The zero-order chi connectivity index (χ0) is 24.3. The molecule has 3 amide bonds. The van der Waals surface area contributed by atoms with Crippen LogP contribution in [0.5, 0.6) is 0 Å². The lowest BCUT2D eigenvalue weighted by Gasteiger charge is -2.34. The van der Waals surface area contributed by atoms with Crippen molar-refractivity contribution < 1.29 is 19.1 Å². The van der Waals surface area contributed by atoms with Gasteiger partial charge in [-0.3, -0.25) is 14.5 Å². The number of amides is 3. The molecule has 3 rings (SSSR count). The van der Waals surface area contributed by atoms with Crippen LogP contribution in [0, 0.1) is 0 Å². The number of thiocarbonyl (C=S) groups is 1. The Morgan fingerprint density at radius 2 is 1.76 bits per heavy atom. The Labute approximate surface area is 210 Å². The van der Waals surface area contributed by atoms with Crippen LogP contribution in [0.15, 0.2) is 47.4 Å². The van der Waals surface area contributed by atoms with Crippen LogP contribution in [0.3, 0.4) is 0 Å². The lowest BCUT2D eigenvalue weighted by molar-refractivity contribution is -0.133. The van der Waals surface area contributed by atoms with E-state index in [0.29, 0.717) is 55.0 Å². The summed E-state index contributed by atoms with van der Waals surface area (Å²) in [5.41, 5.74) is 1.07. The molecule has 1 aromatic carbocycles. The molecule has 2 aliphatic heterocycles. The molecule has 0 aliphatic carbocycles. The van der Waals surface area contributed by atoms with Gasteiger partial charge in [0.25, 0.3) is 5.91 Å². The number of thioether (sulfide) groups is 1. The van der Waals surface area contributed by atoms with Crippen molar-refractivity contribution in [1.82, 2.24) is 14.7 Å². The monoisotopic (exact) mass is 501 g/mol. The van der Waals surface area contributed by atoms with Gasteiger partial charge in [-0.05, 0) is 31.4 Å². The lowest BCUT2D eigenvalue weighted by atomic mass is 10.1. The lowest BCUT2D eigenvalue weighted by Crippen LogP contribution is -2.50. The first-order chi connectivity index (χ1) is 16.5. The highest BCUT2D eigenvalue weighted by molar-refractivity contribution is 8.26. The Balaban J connectivity index is 1.34. The Hall–Kier alpha value is -2.65. The molecule has 1 aromatic rings. The van der Waals surface area contributed by atoms with Crippen molar-refractivity contribution in [3.63, 3.8) is 0 Å². The van der Waals surface area contributed by atoms with Gasteiger partial charge in [0.2, 0.25) is 5.91 Å². The summed E-state index contributed by atoms with van der Waals surface area (Å²) >= 11 is 6.72. The summed E-state index contributed by atoms with van der Waals surface area (Å²) in [7, 11) is 0. The fourth-order valence-electron chi connectivity index (χ4n) is 3.75. The van der Waals surface area contributed by atoms with Gasteiger partial charge in [0.05, 0.1) is 11.5 Å². The van der Waals surface area contributed by atoms with Crippen LogP contribution in [0.4, 0.5) is 4.79 Å². The molecule has 2 saturated heterocycles. The summed E-state index contributed by atoms with van der Waals surface area (Å²) in [6.45, 7) is 4.80. The number of carbonyl (C=O) groups excluding carboxylic acids is 3. The maximum absolute atomic E-state index is 12.7. The maximum atomic E-state index is 12.7. The normalized spacial score (nSPS) is 17.8. The summed E-state index contributed by atoms with van der Waals surface area (Å²) in [5, 5.41) is 0. The van der Waals surface area contributed by atoms with Crippen LogP contribution in [0.25, 0.3) is 6.08 Å². The predicted molar refractivity (Wildman–Crippen MR) is 139 cm³/mol. The van der Waals surface area contributed by atoms with Gasteiger partial charge >= 0.3 is 6.09 Å². The van der Waals surface area contributed by atoms with Crippen molar-refractivity contribution in [1.29, 1.82) is 0 Å². The van der Waals surface area contributed by atoms with E-state index in [2.05, 4.69) is 0 Å². The Kier molecular flexibility index (Phi) is 10.2. The molecule has 7 nitrogen and oxygen atoms in total. The number of rotatable bonds is 9. The van der Waals surface area contributed by atoms with E-state index in [1.807, 2.05) is 53.5 Å². The highest BCUT2D eigenvalue weighted by Gasteiger charge is 2.31. The number of piperazine rings is 1. The molecule has 0 spiro atoms. The van der Waals surface area contributed by atoms with Gasteiger partial charge in [0, 0.05) is 39.1 Å². The van der Waals surface area contributed by atoms with Crippen molar-refractivity contribution in [2.45, 2.75) is 32.6 Å². The van der Waals surface area contributed by atoms with E-state index in [4.69, 9.17) is 17.0 Å². The number of hydrogen-bond acceptors (Lipinski definition) is 6. The molecule has 2 heterocycles. The molecular weight excluding hydrogens is 470 g/mol.